The molecule has 2 aromatic carbocycles. The monoisotopic (exact) mass is 651 g/mol. The van der Waals surface area contributed by atoms with Gasteiger partial charge in [-0.2, -0.15) is 13.2 Å². The van der Waals surface area contributed by atoms with Crippen LogP contribution in [0.25, 0.3) is 14.9 Å². The maximum absolute atomic E-state index is 14.8. The summed E-state index contributed by atoms with van der Waals surface area (Å²) in [7, 11) is -2.50. The second kappa shape index (κ2) is 13.7. The van der Waals surface area contributed by atoms with Crippen LogP contribution in [0.5, 0.6) is 5.75 Å². The average molecular weight is 652 g/mol. The summed E-state index contributed by atoms with van der Waals surface area (Å²) in [6.07, 6.45) is -3.80. The van der Waals surface area contributed by atoms with Gasteiger partial charge in [-0.1, -0.05) is 24.0 Å². The number of nitrogens with zero attached hydrogens (tertiary/aromatic N) is 2. The highest BCUT2D eigenvalue weighted by Gasteiger charge is 2.31. The van der Waals surface area contributed by atoms with Gasteiger partial charge in [0.1, 0.15) is 10.7 Å². The van der Waals surface area contributed by atoms with E-state index in [0.29, 0.717) is 10.1 Å². The summed E-state index contributed by atoms with van der Waals surface area (Å²) in [5, 5.41) is 6.73. The zero-order valence-electron chi connectivity index (χ0n) is 23.8. The summed E-state index contributed by atoms with van der Waals surface area (Å²) >= 11 is 1.16. The highest BCUT2D eigenvalue weighted by atomic mass is 32.2. The van der Waals surface area contributed by atoms with E-state index in [1.54, 1.807) is 16.9 Å². The lowest BCUT2D eigenvalue weighted by Crippen LogP contribution is -2.36. The Morgan fingerprint density at radius 1 is 1.23 bits per heavy atom. The fourth-order valence-electron chi connectivity index (χ4n) is 4.74. The molecule has 3 N–H and O–H groups in total. The fraction of sp³-hybridized carbons (Fsp3) is 0.379. The standard InChI is InChI=1S/C29H29F4N5O4S2/c1-18(39)37-44(40,41)27-15-25(42-17-34-2)24(14-22(27)30)35-11-5-8-26-21(16-29(31,32)33)20-6-4-7-23(28(20)43-26)36-19-9-12-38(3)13-10-19/h4,6-7,14-15,19,35-36H,9-13,16-17H2,1,3H3,(H,37,39). The zero-order valence-corrected chi connectivity index (χ0v) is 25.4. The molecular formula is C29H29F4N5O4S2. The van der Waals surface area contributed by atoms with Crippen LogP contribution < -0.4 is 20.1 Å². The summed E-state index contributed by atoms with van der Waals surface area (Å²) in [4.78, 5) is 15.9. The average Bonchev–Trinajstić information content (AvgIpc) is 3.27. The number of ether oxygens (including phenoxy) is 1. The molecule has 1 amide bonds. The van der Waals surface area contributed by atoms with E-state index in [4.69, 9.17) is 11.3 Å². The van der Waals surface area contributed by atoms with Crippen LogP contribution in [0.15, 0.2) is 35.2 Å². The molecule has 44 heavy (non-hydrogen) atoms. The van der Waals surface area contributed by atoms with Gasteiger partial charge in [-0.05, 0) is 50.0 Å². The predicted octanol–water partition coefficient (Wildman–Crippen LogP) is 5.20. The number of hydrogen-bond acceptors (Lipinski definition) is 8. The van der Waals surface area contributed by atoms with Crippen molar-refractivity contribution in [1.82, 2.24) is 9.62 Å². The maximum atomic E-state index is 14.8. The Labute approximate surface area is 256 Å². The number of halogens is 4. The first-order valence-electron chi connectivity index (χ1n) is 13.4. The minimum absolute atomic E-state index is 0.0429. The van der Waals surface area contributed by atoms with Crippen molar-refractivity contribution in [2.24, 2.45) is 0 Å². The van der Waals surface area contributed by atoms with Crippen LogP contribution in [0.3, 0.4) is 0 Å². The minimum Gasteiger partial charge on any atom is -0.424 e. The number of hydrogen-bond donors (Lipinski definition) is 3. The van der Waals surface area contributed by atoms with Crippen LogP contribution >= 0.6 is 11.3 Å². The van der Waals surface area contributed by atoms with E-state index < -0.39 is 46.0 Å². The summed E-state index contributed by atoms with van der Waals surface area (Å²) < 4.78 is 87.9. The topological polar surface area (TPSA) is 104 Å². The van der Waals surface area contributed by atoms with Crippen molar-refractivity contribution in [2.75, 3.05) is 44.0 Å². The van der Waals surface area contributed by atoms with Crippen LogP contribution in [-0.4, -0.2) is 64.9 Å². The first-order valence-corrected chi connectivity index (χ1v) is 15.7. The third-order valence-electron chi connectivity index (χ3n) is 6.73. The number of carbonyl (C=O) groups is 1. The second-order valence-corrected chi connectivity index (χ2v) is 12.8. The number of carbonyl (C=O) groups excluding carboxylic acids is 1. The Bertz CT molecular complexity index is 1750. The number of piperidine rings is 1. The van der Waals surface area contributed by atoms with Gasteiger partial charge in [0.2, 0.25) is 5.91 Å². The molecule has 0 atom stereocenters. The number of amides is 1. The van der Waals surface area contributed by atoms with Crippen molar-refractivity contribution < 1.29 is 35.5 Å². The molecule has 4 rings (SSSR count). The normalized spacial score (nSPS) is 14.4. The molecule has 0 radical (unpaired) electrons. The van der Waals surface area contributed by atoms with E-state index in [-0.39, 0.29) is 34.5 Å². The zero-order chi connectivity index (χ0) is 32.1. The molecule has 0 bridgehead atoms. The lowest BCUT2D eigenvalue weighted by molar-refractivity contribution is -0.127. The second-order valence-electron chi connectivity index (χ2n) is 10.1. The van der Waals surface area contributed by atoms with Crippen molar-refractivity contribution in [1.29, 1.82) is 0 Å². The Balaban J connectivity index is 1.62. The number of likely N-dealkylation sites (tertiary alicyclic amines) is 1. The molecule has 9 nitrogen and oxygen atoms in total. The quantitative estimate of drug-likeness (QED) is 0.166. The minimum atomic E-state index is -4.55. The SMILES string of the molecule is [C-]#[N+]COc1cc(S(=O)(=O)NC(C)=O)c(F)cc1NCC#Cc1sc2c(NC3CCN(C)CC3)cccc2c1CC(F)(F)F. The molecular weight excluding hydrogens is 622 g/mol. The molecule has 15 heteroatoms. The van der Waals surface area contributed by atoms with Gasteiger partial charge in [-0.25, -0.2) is 24.1 Å². The highest BCUT2D eigenvalue weighted by Crippen LogP contribution is 2.39. The molecule has 234 valence electrons. The van der Waals surface area contributed by atoms with Gasteiger partial charge in [-0.15, -0.1) is 11.3 Å². The number of thiophene rings is 1. The Morgan fingerprint density at radius 3 is 2.61 bits per heavy atom. The van der Waals surface area contributed by atoms with Gasteiger partial charge >= 0.3 is 12.9 Å². The van der Waals surface area contributed by atoms with Gasteiger partial charge < -0.3 is 20.3 Å². The van der Waals surface area contributed by atoms with Gasteiger partial charge in [0.15, 0.2) is 5.75 Å². The summed E-state index contributed by atoms with van der Waals surface area (Å²) in [5.41, 5.74) is 0.776. The van der Waals surface area contributed by atoms with E-state index in [2.05, 4.69) is 32.2 Å². The Hall–Kier alpha value is -4.05. The first-order chi connectivity index (χ1) is 20.8. The molecule has 1 fully saturated rings. The number of alkyl halides is 3. The van der Waals surface area contributed by atoms with E-state index in [9.17, 15) is 30.8 Å². The van der Waals surface area contributed by atoms with Gasteiger partial charge in [-0.3, -0.25) is 9.64 Å². The van der Waals surface area contributed by atoms with Crippen molar-refractivity contribution in [2.45, 2.75) is 43.3 Å². The molecule has 1 aliphatic rings. The Morgan fingerprint density at radius 2 is 1.95 bits per heavy atom. The predicted molar refractivity (Wildman–Crippen MR) is 161 cm³/mol. The van der Waals surface area contributed by atoms with Crippen LogP contribution in [-0.2, 0) is 21.2 Å². The van der Waals surface area contributed by atoms with E-state index in [1.165, 1.54) is 0 Å². The number of sulfonamides is 1. The Kier molecular flexibility index (Phi) is 10.2. The van der Waals surface area contributed by atoms with Crippen LogP contribution in [0.1, 0.15) is 30.2 Å². The van der Waals surface area contributed by atoms with Gasteiger partial charge in [0.25, 0.3) is 10.0 Å². The number of anilines is 2. The molecule has 0 aliphatic carbocycles. The van der Waals surface area contributed by atoms with Crippen molar-refractivity contribution in [3.8, 4) is 17.6 Å². The molecule has 1 saturated heterocycles. The number of nitrogens with one attached hydrogen (secondary N) is 3. The summed E-state index contributed by atoms with van der Waals surface area (Å²) in [6, 6.07) is 7.06. The van der Waals surface area contributed by atoms with Crippen molar-refractivity contribution in [3.05, 3.63) is 58.0 Å². The molecule has 1 aromatic heterocycles. The highest BCUT2D eigenvalue weighted by molar-refractivity contribution is 7.90. The lowest BCUT2D eigenvalue weighted by atomic mass is 10.0. The van der Waals surface area contributed by atoms with Crippen LogP contribution in [0.4, 0.5) is 28.9 Å². The lowest BCUT2D eigenvalue weighted by Gasteiger charge is -2.30. The number of fused-ring (bicyclic) bond motifs is 1. The molecule has 0 saturated carbocycles. The van der Waals surface area contributed by atoms with Crippen LogP contribution in [0, 0.1) is 24.2 Å². The molecule has 2 heterocycles. The number of rotatable bonds is 9. The molecule has 0 spiro atoms. The van der Waals surface area contributed by atoms with Crippen molar-refractivity contribution >= 4 is 48.7 Å². The van der Waals surface area contributed by atoms with Crippen molar-refractivity contribution in [3.63, 3.8) is 0 Å². The fourth-order valence-corrected chi connectivity index (χ4v) is 6.98. The largest absolute Gasteiger partial charge is 0.424 e. The molecule has 3 aromatic rings. The van der Waals surface area contributed by atoms with E-state index >= 15 is 0 Å². The first kappa shape index (κ1) is 32.9. The summed E-state index contributed by atoms with van der Waals surface area (Å²) in [6.45, 7) is 9.05. The smallest absolute Gasteiger partial charge is 0.393 e. The third-order valence-corrected chi connectivity index (χ3v) is 9.37. The number of benzene rings is 2. The van der Waals surface area contributed by atoms with Crippen LogP contribution in [0.2, 0.25) is 0 Å². The van der Waals surface area contributed by atoms with Gasteiger partial charge in [0, 0.05) is 25.1 Å². The summed E-state index contributed by atoms with van der Waals surface area (Å²) in [5.74, 6) is 3.24. The molecule has 1 aliphatic heterocycles. The molecule has 0 unspecified atom stereocenters. The maximum Gasteiger partial charge on any atom is 0.393 e. The van der Waals surface area contributed by atoms with E-state index in [0.717, 1.165) is 62.0 Å². The van der Waals surface area contributed by atoms with E-state index in [1.807, 2.05) is 13.1 Å². The third kappa shape index (κ3) is 8.31. The van der Waals surface area contributed by atoms with Gasteiger partial charge in [0.05, 0.1) is 33.9 Å².